The molecule has 120 valence electrons. The molecule has 0 amide bonds. The second-order valence-corrected chi connectivity index (χ2v) is 6.22. The van der Waals surface area contributed by atoms with Gasteiger partial charge in [-0.2, -0.15) is 10.2 Å². The standard InChI is InChI=1S/C16H25N5O/c1-4-8-21(10-12(2)5-7-17)15-13-6-9-20(3)11-14(13)18-16(22)19-15/h12H,4-6,8-11H2,1-3H3,(H,18,19,22). The van der Waals surface area contributed by atoms with E-state index in [1.165, 1.54) is 0 Å². The number of rotatable bonds is 6. The molecular weight excluding hydrogens is 278 g/mol. The first-order valence-corrected chi connectivity index (χ1v) is 7.97. The molecule has 1 aliphatic rings. The number of likely N-dealkylation sites (N-methyl/N-ethyl adjacent to an activating group) is 1. The summed E-state index contributed by atoms with van der Waals surface area (Å²) in [6.07, 6.45) is 2.41. The summed E-state index contributed by atoms with van der Waals surface area (Å²) in [6, 6.07) is 2.22. The molecule has 6 heteroatoms. The number of anilines is 1. The van der Waals surface area contributed by atoms with Crippen LogP contribution in [0.2, 0.25) is 0 Å². The van der Waals surface area contributed by atoms with Crippen LogP contribution in [-0.4, -0.2) is 41.5 Å². The third-order valence-corrected chi connectivity index (χ3v) is 4.04. The number of nitriles is 1. The van der Waals surface area contributed by atoms with Crippen molar-refractivity contribution in [2.24, 2.45) is 5.92 Å². The van der Waals surface area contributed by atoms with Gasteiger partial charge >= 0.3 is 5.69 Å². The second-order valence-electron chi connectivity index (χ2n) is 6.22. The van der Waals surface area contributed by atoms with Gasteiger partial charge in [0.1, 0.15) is 5.82 Å². The van der Waals surface area contributed by atoms with E-state index in [4.69, 9.17) is 5.26 Å². The maximum atomic E-state index is 11.9. The maximum Gasteiger partial charge on any atom is 0.347 e. The van der Waals surface area contributed by atoms with E-state index in [0.717, 1.165) is 56.1 Å². The molecule has 1 aromatic heterocycles. The Morgan fingerprint density at radius 1 is 1.55 bits per heavy atom. The lowest BCUT2D eigenvalue weighted by Crippen LogP contribution is -2.37. The lowest BCUT2D eigenvalue weighted by Gasteiger charge is -2.31. The number of nitrogens with zero attached hydrogens (tertiary/aromatic N) is 4. The molecule has 0 bridgehead atoms. The van der Waals surface area contributed by atoms with E-state index in [-0.39, 0.29) is 11.6 Å². The predicted molar refractivity (Wildman–Crippen MR) is 86.8 cm³/mol. The van der Waals surface area contributed by atoms with E-state index in [9.17, 15) is 4.79 Å². The minimum atomic E-state index is -0.280. The third-order valence-electron chi connectivity index (χ3n) is 4.04. The maximum absolute atomic E-state index is 11.9. The second kappa shape index (κ2) is 7.41. The Morgan fingerprint density at radius 3 is 3.00 bits per heavy atom. The summed E-state index contributed by atoms with van der Waals surface area (Å²) in [7, 11) is 2.06. The van der Waals surface area contributed by atoms with Crippen molar-refractivity contribution in [1.29, 1.82) is 5.26 Å². The van der Waals surface area contributed by atoms with Crippen molar-refractivity contribution in [3.8, 4) is 6.07 Å². The molecule has 0 fully saturated rings. The molecule has 1 N–H and O–H groups in total. The van der Waals surface area contributed by atoms with Crippen molar-refractivity contribution in [3.05, 3.63) is 21.7 Å². The molecule has 0 aliphatic carbocycles. The van der Waals surface area contributed by atoms with Gasteiger partial charge in [-0.25, -0.2) is 4.79 Å². The van der Waals surface area contributed by atoms with Crippen molar-refractivity contribution in [3.63, 3.8) is 0 Å². The fourth-order valence-corrected chi connectivity index (χ4v) is 2.99. The molecule has 6 nitrogen and oxygen atoms in total. The molecule has 1 atom stereocenters. The van der Waals surface area contributed by atoms with E-state index in [1.807, 2.05) is 0 Å². The summed E-state index contributed by atoms with van der Waals surface area (Å²) >= 11 is 0. The van der Waals surface area contributed by atoms with Crippen LogP contribution in [0.4, 0.5) is 5.82 Å². The molecule has 0 aromatic carbocycles. The molecule has 2 heterocycles. The fourth-order valence-electron chi connectivity index (χ4n) is 2.99. The Kier molecular flexibility index (Phi) is 5.56. The van der Waals surface area contributed by atoms with Crippen molar-refractivity contribution in [2.45, 2.75) is 39.7 Å². The van der Waals surface area contributed by atoms with Crippen molar-refractivity contribution in [2.75, 3.05) is 31.6 Å². The monoisotopic (exact) mass is 303 g/mol. The van der Waals surface area contributed by atoms with Gasteiger partial charge in [-0.05, 0) is 25.8 Å². The predicted octanol–water partition coefficient (Wildman–Crippen LogP) is 1.52. The zero-order valence-corrected chi connectivity index (χ0v) is 13.7. The van der Waals surface area contributed by atoms with E-state index in [1.54, 1.807) is 0 Å². The van der Waals surface area contributed by atoms with Crippen LogP contribution in [0, 0.1) is 17.2 Å². The van der Waals surface area contributed by atoms with Gasteiger partial charge in [-0.3, -0.25) is 0 Å². The summed E-state index contributed by atoms with van der Waals surface area (Å²) in [6.45, 7) is 7.54. The minimum Gasteiger partial charge on any atom is -0.356 e. The number of aromatic amines is 1. The summed E-state index contributed by atoms with van der Waals surface area (Å²) in [5.41, 5.74) is 1.87. The fraction of sp³-hybridized carbons (Fsp3) is 0.688. The van der Waals surface area contributed by atoms with Crippen molar-refractivity contribution < 1.29 is 0 Å². The highest BCUT2D eigenvalue weighted by Gasteiger charge is 2.23. The van der Waals surface area contributed by atoms with Gasteiger partial charge < -0.3 is 14.8 Å². The van der Waals surface area contributed by atoms with Crippen LogP contribution >= 0.6 is 0 Å². The molecule has 0 saturated carbocycles. The summed E-state index contributed by atoms with van der Waals surface area (Å²) in [5, 5.41) is 8.87. The van der Waals surface area contributed by atoms with Crippen LogP contribution in [0.3, 0.4) is 0 Å². The highest BCUT2D eigenvalue weighted by molar-refractivity contribution is 5.49. The van der Waals surface area contributed by atoms with Crippen molar-refractivity contribution in [1.82, 2.24) is 14.9 Å². The zero-order chi connectivity index (χ0) is 16.1. The lowest BCUT2D eigenvalue weighted by molar-refractivity contribution is 0.306. The number of fused-ring (bicyclic) bond motifs is 1. The first-order valence-electron chi connectivity index (χ1n) is 7.97. The SMILES string of the molecule is CCCN(CC(C)CC#N)c1nc(=O)[nH]c2c1CCN(C)C2. The molecule has 0 radical (unpaired) electrons. The first kappa shape index (κ1) is 16.5. The Balaban J connectivity index is 2.35. The van der Waals surface area contributed by atoms with E-state index in [2.05, 4.69) is 46.7 Å². The quantitative estimate of drug-likeness (QED) is 0.862. The number of hydrogen-bond donors (Lipinski definition) is 1. The van der Waals surface area contributed by atoms with Gasteiger partial charge in [0.25, 0.3) is 0 Å². The van der Waals surface area contributed by atoms with Gasteiger partial charge in [0.05, 0.1) is 6.07 Å². The number of nitrogens with one attached hydrogen (secondary N) is 1. The molecule has 1 aliphatic heterocycles. The van der Waals surface area contributed by atoms with Crippen LogP contribution in [0.15, 0.2) is 4.79 Å². The topological polar surface area (TPSA) is 76.0 Å². The summed E-state index contributed by atoms with van der Waals surface area (Å²) in [5.74, 6) is 1.08. The molecular formula is C16H25N5O. The minimum absolute atomic E-state index is 0.263. The van der Waals surface area contributed by atoms with Crippen LogP contribution in [0.25, 0.3) is 0 Å². The Bertz CT molecular complexity index is 604. The average molecular weight is 303 g/mol. The van der Waals surface area contributed by atoms with E-state index >= 15 is 0 Å². The van der Waals surface area contributed by atoms with Crippen molar-refractivity contribution >= 4 is 5.82 Å². The summed E-state index contributed by atoms with van der Waals surface area (Å²) in [4.78, 5) is 23.4. The van der Waals surface area contributed by atoms with Gasteiger partial charge in [0.2, 0.25) is 0 Å². The zero-order valence-electron chi connectivity index (χ0n) is 13.7. The molecule has 0 spiro atoms. The molecule has 1 unspecified atom stereocenters. The number of hydrogen-bond acceptors (Lipinski definition) is 5. The van der Waals surface area contributed by atoms with Crippen LogP contribution < -0.4 is 10.6 Å². The van der Waals surface area contributed by atoms with Gasteiger partial charge in [-0.1, -0.05) is 13.8 Å². The van der Waals surface area contributed by atoms with E-state index in [0.29, 0.717) is 6.42 Å². The first-order chi connectivity index (χ1) is 10.5. The Morgan fingerprint density at radius 2 is 2.32 bits per heavy atom. The van der Waals surface area contributed by atoms with Crippen LogP contribution in [0.1, 0.15) is 37.9 Å². The van der Waals surface area contributed by atoms with E-state index < -0.39 is 0 Å². The lowest BCUT2D eigenvalue weighted by atomic mass is 10.0. The Hall–Kier alpha value is -1.87. The highest BCUT2D eigenvalue weighted by atomic mass is 16.1. The van der Waals surface area contributed by atoms with Crippen LogP contribution in [0.5, 0.6) is 0 Å². The third kappa shape index (κ3) is 3.86. The summed E-state index contributed by atoms with van der Waals surface area (Å²) < 4.78 is 0. The Labute approximate surface area is 131 Å². The largest absolute Gasteiger partial charge is 0.356 e. The van der Waals surface area contributed by atoms with Gasteiger partial charge in [0, 0.05) is 43.9 Å². The number of aromatic nitrogens is 2. The molecule has 1 aromatic rings. The van der Waals surface area contributed by atoms with Gasteiger partial charge in [-0.15, -0.1) is 0 Å². The number of H-pyrrole nitrogens is 1. The highest BCUT2D eigenvalue weighted by Crippen LogP contribution is 2.25. The smallest absolute Gasteiger partial charge is 0.347 e. The molecule has 2 rings (SSSR count). The molecule has 22 heavy (non-hydrogen) atoms. The molecule has 0 saturated heterocycles. The van der Waals surface area contributed by atoms with Crippen LogP contribution in [-0.2, 0) is 13.0 Å². The van der Waals surface area contributed by atoms with Gasteiger partial charge in [0.15, 0.2) is 0 Å². The normalized spacial score (nSPS) is 15.9. The average Bonchev–Trinajstić information content (AvgIpc) is 2.45.